The Balaban J connectivity index is 1.12. The average Bonchev–Trinajstić information content (AvgIpc) is 3.71. The molecule has 2 saturated carbocycles. The minimum Gasteiger partial charge on any atom is -0.393 e. The maximum atomic E-state index is 11.7. The molecule has 2 fully saturated rings. The Kier molecular flexibility index (Phi) is 5.18. The third-order valence-electron chi connectivity index (χ3n) is 10.1. The summed E-state index contributed by atoms with van der Waals surface area (Å²) in [5, 5.41) is 22.6. The molecule has 38 heavy (non-hydrogen) atoms. The van der Waals surface area contributed by atoms with E-state index in [-0.39, 0.29) is 30.0 Å². The van der Waals surface area contributed by atoms with E-state index in [2.05, 4.69) is 61.6 Å². The Hall–Kier alpha value is -3.22. The first-order chi connectivity index (χ1) is 18.7. The molecule has 0 bridgehead atoms. The van der Waals surface area contributed by atoms with Gasteiger partial charge in [-0.25, -0.2) is 9.97 Å². The second kappa shape index (κ2) is 8.65. The zero-order valence-corrected chi connectivity index (χ0v) is 21.5. The Bertz CT molecular complexity index is 1500. The molecule has 2 aromatic carbocycles. The van der Waals surface area contributed by atoms with Gasteiger partial charge >= 0.3 is 0 Å². The maximum absolute atomic E-state index is 11.7. The summed E-state index contributed by atoms with van der Waals surface area (Å²) in [6, 6.07) is 15.6. The van der Waals surface area contributed by atoms with Gasteiger partial charge < -0.3 is 19.3 Å². The van der Waals surface area contributed by atoms with E-state index >= 15 is 0 Å². The van der Waals surface area contributed by atoms with Crippen molar-refractivity contribution in [3.8, 4) is 22.5 Å². The zero-order valence-electron chi connectivity index (χ0n) is 21.5. The van der Waals surface area contributed by atoms with Crippen LogP contribution in [0.15, 0.2) is 67.5 Å². The quantitative estimate of drug-likeness (QED) is 0.373. The molecule has 0 amide bonds. The van der Waals surface area contributed by atoms with Gasteiger partial charge in [0.15, 0.2) is 0 Å². The van der Waals surface area contributed by atoms with E-state index in [1.807, 2.05) is 25.0 Å². The van der Waals surface area contributed by atoms with Crippen molar-refractivity contribution in [3.63, 3.8) is 0 Å². The molecule has 0 radical (unpaired) electrons. The molecular formula is C32H34N4O2. The van der Waals surface area contributed by atoms with Crippen LogP contribution in [0.5, 0.6) is 0 Å². The van der Waals surface area contributed by atoms with Gasteiger partial charge in [0.1, 0.15) is 0 Å². The van der Waals surface area contributed by atoms with E-state index in [1.165, 1.54) is 39.9 Å². The van der Waals surface area contributed by atoms with Crippen molar-refractivity contribution in [1.29, 1.82) is 0 Å². The number of benzene rings is 2. The largest absolute Gasteiger partial charge is 0.393 e. The van der Waals surface area contributed by atoms with E-state index in [0.29, 0.717) is 5.92 Å². The van der Waals surface area contributed by atoms with Crippen LogP contribution < -0.4 is 0 Å². The zero-order chi connectivity index (χ0) is 25.4. The molecule has 8 rings (SSSR count). The Morgan fingerprint density at radius 2 is 1.34 bits per heavy atom. The number of hydrogen-bond donors (Lipinski definition) is 2. The highest BCUT2D eigenvalue weighted by molar-refractivity contribution is 5.74. The van der Waals surface area contributed by atoms with Crippen LogP contribution in [0.2, 0.25) is 0 Å². The lowest BCUT2D eigenvalue weighted by atomic mass is 9.71. The van der Waals surface area contributed by atoms with Crippen molar-refractivity contribution in [2.45, 2.75) is 75.2 Å². The molecule has 4 aromatic rings. The van der Waals surface area contributed by atoms with E-state index in [9.17, 15) is 10.2 Å². The minimum atomic E-state index is -0.390. The summed E-state index contributed by atoms with van der Waals surface area (Å²) in [5.74, 6) is 0.685. The average molecular weight is 507 g/mol. The number of rotatable bonds is 3. The highest BCUT2D eigenvalue weighted by Gasteiger charge is 2.44. The van der Waals surface area contributed by atoms with Crippen molar-refractivity contribution < 1.29 is 10.2 Å². The molecule has 4 aliphatic rings. The Morgan fingerprint density at radius 1 is 0.658 bits per heavy atom. The van der Waals surface area contributed by atoms with Gasteiger partial charge in [-0.15, -0.1) is 0 Å². The van der Waals surface area contributed by atoms with Gasteiger partial charge in [0.25, 0.3) is 0 Å². The van der Waals surface area contributed by atoms with Crippen LogP contribution in [-0.2, 0) is 0 Å². The first kappa shape index (κ1) is 22.7. The van der Waals surface area contributed by atoms with Crippen LogP contribution in [0, 0.1) is 11.8 Å². The fraction of sp³-hybridized carbons (Fsp3) is 0.438. The normalized spacial score (nSPS) is 31.5. The van der Waals surface area contributed by atoms with Gasteiger partial charge in [-0.2, -0.15) is 0 Å². The molecule has 6 heteroatoms. The molecule has 6 nitrogen and oxygen atoms in total. The highest BCUT2D eigenvalue weighted by Crippen LogP contribution is 2.53. The summed E-state index contributed by atoms with van der Waals surface area (Å²) in [6.45, 7) is 0. The molecule has 2 aromatic heterocycles. The number of fused-ring (bicyclic) bond motifs is 6. The molecule has 194 valence electrons. The van der Waals surface area contributed by atoms with E-state index in [0.717, 1.165) is 44.2 Å². The van der Waals surface area contributed by atoms with E-state index in [1.54, 1.807) is 0 Å². The molecule has 2 aliphatic carbocycles. The molecule has 7 atom stereocenters. The second-order valence-electron chi connectivity index (χ2n) is 11.9. The van der Waals surface area contributed by atoms with Crippen molar-refractivity contribution in [3.05, 3.63) is 84.2 Å². The summed E-state index contributed by atoms with van der Waals surface area (Å²) >= 11 is 0. The summed E-state index contributed by atoms with van der Waals surface area (Å²) in [5.41, 5.74) is 8.85. The number of hydrogen-bond acceptors (Lipinski definition) is 4. The molecule has 0 saturated heterocycles. The highest BCUT2D eigenvalue weighted by atomic mass is 16.3. The molecular weight excluding hydrogens is 472 g/mol. The Labute approximate surface area is 223 Å². The third kappa shape index (κ3) is 3.20. The summed E-state index contributed by atoms with van der Waals surface area (Å²) in [7, 11) is 0. The second-order valence-corrected chi connectivity index (χ2v) is 11.9. The first-order valence-corrected chi connectivity index (χ1v) is 14.3. The van der Waals surface area contributed by atoms with Gasteiger partial charge in [-0.1, -0.05) is 55.3 Å². The number of aliphatic hydroxyl groups is 2. The van der Waals surface area contributed by atoms with Gasteiger partial charge in [0, 0.05) is 23.0 Å². The van der Waals surface area contributed by atoms with Gasteiger partial charge in [-0.3, -0.25) is 0 Å². The van der Waals surface area contributed by atoms with E-state index in [4.69, 9.17) is 0 Å². The van der Waals surface area contributed by atoms with Crippen LogP contribution in [0.3, 0.4) is 0 Å². The summed E-state index contributed by atoms with van der Waals surface area (Å²) < 4.78 is 4.59. The Morgan fingerprint density at radius 3 is 2.18 bits per heavy atom. The summed E-state index contributed by atoms with van der Waals surface area (Å²) in [6.07, 6.45) is 14.2. The van der Waals surface area contributed by atoms with E-state index < -0.39 is 6.10 Å². The summed E-state index contributed by atoms with van der Waals surface area (Å²) in [4.78, 5) is 8.98. The van der Waals surface area contributed by atoms with Crippen molar-refractivity contribution in [2.24, 2.45) is 11.8 Å². The van der Waals surface area contributed by atoms with Gasteiger partial charge in [0.2, 0.25) is 0 Å². The van der Waals surface area contributed by atoms with Crippen LogP contribution in [0.4, 0.5) is 0 Å². The number of aliphatic hydroxyl groups excluding tert-OH is 2. The number of imidazole rings is 2. The molecule has 0 spiro atoms. The van der Waals surface area contributed by atoms with Crippen LogP contribution in [-0.4, -0.2) is 41.5 Å². The van der Waals surface area contributed by atoms with Crippen molar-refractivity contribution >= 4 is 0 Å². The molecule has 2 aliphatic heterocycles. The van der Waals surface area contributed by atoms with Crippen molar-refractivity contribution in [1.82, 2.24) is 19.1 Å². The van der Waals surface area contributed by atoms with Crippen LogP contribution in [0.1, 0.15) is 79.6 Å². The predicted molar refractivity (Wildman–Crippen MR) is 146 cm³/mol. The molecule has 1 unspecified atom stereocenters. The standard InChI is InChI=1S/C32H34N4O2/c37-28-11-4-3-8-23(28)32-25-10-5-9-20(30(25)27-16-34-18-36(27)32)19-12-13-24(29(38)14-19)31-22-7-2-1-6-21(22)26-15-33-17-35(26)31/h1-2,5-7,9-10,15-19,23-24,28-29,31-32,37-38H,3-4,8,11-14H2/t19?,23-,24-,28+,29-,31+,32-/m0/s1. The topological polar surface area (TPSA) is 76.1 Å². The number of aromatic nitrogens is 4. The van der Waals surface area contributed by atoms with Gasteiger partial charge in [0.05, 0.1) is 60.7 Å². The third-order valence-corrected chi connectivity index (χ3v) is 10.1. The van der Waals surface area contributed by atoms with Crippen molar-refractivity contribution in [2.75, 3.05) is 0 Å². The lowest BCUT2D eigenvalue weighted by Gasteiger charge is -2.38. The first-order valence-electron chi connectivity index (χ1n) is 14.3. The lowest BCUT2D eigenvalue weighted by Crippen LogP contribution is -2.34. The molecule has 2 N–H and O–H groups in total. The minimum absolute atomic E-state index is 0.139. The fourth-order valence-corrected chi connectivity index (χ4v) is 8.42. The fourth-order valence-electron chi connectivity index (χ4n) is 8.42. The van der Waals surface area contributed by atoms with Crippen LogP contribution in [0.25, 0.3) is 22.5 Å². The monoisotopic (exact) mass is 506 g/mol. The maximum Gasteiger partial charge on any atom is 0.0956 e. The SMILES string of the molecule is O[C@@H]1CCCC[C@@H]1[C@H]1c2cccc(C3CC[C@H]([C@H]4c5ccccc5-c5cncn54)[C@@H](O)C3)c2-c2cncn21. The lowest BCUT2D eigenvalue weighted by molar-refractivity contribution is 0.0418. The molecule has 4 heterocycles. The van der Waals surface area contributed by atoms with Gasteiger partial charge in [-0.05, 0) is 54.7 Å². The predicted octanol–water partition coefficient (Wildman–Crippen LogP) is 5.72. The smallest absolute Gasteiger partial charge is 0.0956 e. The van der Waals surface area contributed by atoms with Crippen LogP contribution >= 0.6 is 0 Å². The number of nitrogens with zero attached hydrogens (tertiary/aromatic N) is 4.